The number of nitrogens with zero attached hydrogens (tertiary/aromatic N) is 2. The molecule has 2 unspecified atom stereocenters. The van der Waals surface area contributed by atoms with Gasteiger partial charge in [0.1, 0.15) is 11.6 Å². The lowest BCUT2D eigenvalue weighted by atomic mass is 9.96. The molecule has 0 bridgehead atoms. The monoisotopic (exact) mass is 378 g/mol. The summed E-state index contributed by atoms with van der Waals surface area (Å²) in [7, 11) is 0. The second kappa shape index (κ2) is 6.39. The van der Waals surface area contributed by atoms with Gasteiger partial charge in [-0.05, 0) is 29.8 Å². The highest BCUT2D eigenvalue weighted by Gasteiger charge is 2.41. The zero-order valence-corrected chi connectivity index (χ0v) is 15.1. The zero-order chi connectivity index (χ0) is 18.4. The van der Waals surface area contributed by atoms with Crippen LogP contribution in [0.5, 0.6) is 5.75 Å². The number of hydrogen-bond donors (Lipinski definition) is 0. The van der Waals surface area contributed by atoms with Crippen LogP contribution in [0.1, 0.15) is 35.4 Å². The van der Waals surface area contributed by atoms with Gasteiger partial charge in [-0.2, -0.15) is 5.10 Å². The van der Waals surface area contributed by atoms with E-state index in [2.05, 4.69) is 0 Å². The highest BCUT2D eigenvalue weighted by molar-refractivity contribution is 6.30. The Morgan fingerprint density at radius 2 is 1.63 bits per heavy atom. The van der Waals surface area contributed by atoms with Crippen molar-refractivity contribution in [3.05, 3.63) is 100 Å². The minimum atomic E-state index is -0.601. The zero-order valence-electron chi connectivity index (χ0n) is 14.3. The predicted octanol–water partition coefficient (Wildman–Crippen LogP) is 5.72. The quantitative estimate of drug-likeness (QED) is 0.569. The minimum Gasteiger partial charge on any atom is -0.464 e. The van der Waals surface area contributed by atoms with E-state index in [-0.39, 0.29) is 11.9 Å². The smallest absolute Gasteiger partial charge is 0.216 e. The molecule has 0 amide bonds. The Bertz CT molecular complexity index is 1030. The van der Waals surface area contributed by atoms with E-state index >= 15 is 0 Å². The van der Waals surface area contributed by atoms with Crippen LogP contribution in [0.2, 0.25) is 5.02 Å². The van der Waals surface area contributed by atoms with Crippen molar-refractivity contribution in [2.45, 2.75) is 18.7 Å². The molecule has 0 aromatic heterocycles. The number of halogens is 2. The minimum absolute atomic E-state index is 0.00485. The average Bonchev–Trinajstić information content (AvgIpc) is 3.14. The number of hydrogen-bond acceptors (Lipinski definition) is 3. The molecule has 0 saturated carbocycles. The van der Waals surface area contributed by atoms with Gasteiger partial charge in [0, 0.05) is 17.0 Å². The molecular formula is C22H16ClFN2O. The molecule has 0 spiro atoms. The number of rotatable bonds is 2. The SMILES string of the molecule is Fc1ccccc1C1Oc2ccccc2C2CC(c3ccc(Cl)cc3)=NN21. The molecule has 2 aliphatic heterocycles. The van der Waals surface area contributed by atoms with Crippen LogP contribution in [0.3, 0.4) is 0 Å². The molecule has 27 heavy (non-hydrogen) atoms. The van der Waals surface area contributed by atoms with Crippen molar-refractivity contribution in [1.29, 1.82) is 0 Å². The summed E-state index contributed by atoms with van der Waals surface area (Å²) in [5.41, 5.74) is 3.51. The van der Waals surface area contributed by atoms with Crippen molar-refractivity contribution in [2.75, 3.05) is 0 Å². The van der Waals surface area contributed by atoms with E-state index in [9.17, 15) is 4.39 Å². The van der Waals surface area contributed by atoms with Crippen molar-refractivity contribution < 1.29 is 9.13 Å². The van der Waals surface area contributed by atoms with E-state index in [4.69, 9.17) is 21.4 Å². The fourth-order valence-electron chi connectivity index (χ4n) is 3.73. The Hall–Kier alpha value is -2.85. The lowest BCUT2D eigenvalue weighted by Gasteiger charge is -2.38. The van der Waals surface area contributed by atoms with Gasteiger partial charge >= 0.3 is 0 Å². The first-order valence-electron chi connectivity index (χ1n) is 8.82. The van der Waals surface area contributed by atoms with Crippen molar-refractivity contribution in [1.82, 2.24) is 5.01 Å². The topological polar surface area (TPSA) is 24.8 Å². The van der Waals surface area contributed by atoms with Crippen LogP contribution >= 0.6 is 11.6 Å². The first-order chi connectivity index (χ1) is 13.2. The van der Waals surface area contributed by atoms with E-state index in [0.717, 1.165) is 29.0 Å². The van der Waals surface area contributed by atoms with Crippen molar-refractivity contribution >= 4 is 17.3 Å². The molecule has 0 saturated heterocycles. The van der Waals surface area contributed by atoms with Gasteiger partial charge in [-0.3, -0.25) is 0 Å². The first kappa shape index (κ1) is 16.3. The first-order valence-corrected chi connectivity index (χ1v) is 9.20. The van der Waals surface area contributed by atoms with Gasteiger partial charge in [-0.25, -0.2) is 9.40 Å². The summed E-state index contributed by atoms with van der Waals surface area (Å²) in [5.74, 6) is 0.482. The number of ether oxygens (including phenoxy) is 1. The Morgan fingerprint density at radius 3 is 2.41 bits per heavy atom. The number of fused-ring (bicyclic) bond motifs is 3. The molecule has 2 aliphatic rings. The van der Waals surface area contributed by atoms with E-state index in [0.29, 0.717) is 10.6 Å². The molecule has 3 nitrogen and oxygen atoms in total. The van der Waals surface area contributed by atoms with Crippen LogP contribution in [-0.4, -0.2) is 10.7 Å². The normalized spacial score (nSPS) is 20.5. The third kappa shape index (κ3) is 2.77. The van der Waals surface area contributed by atoms with E-state index in [1.165, 1.54) is 6.07 Å². The molecular weight excluding hydrogens is 363 g/mol. The van der Waals surface area contributed by atoms with Crippen LogP contribution in [-0.2, 0) is 0 Å². The largest absolute Gasteiger partial charge is 0.464 e. The van der Waals surface area contributed by atoms with Crippen LogP contribution < -0.4 is 4.74 Å². The van der Waals surface area contributed by atoms with Crippen molar-refractivity contribution in [3.8, 4) is 5.75 Å². The predicted molar refractivity (Wildman–Crippen MR) is 103 cm³/mol. The maximum atomic E-state index is 14.5. The summed E-state index contributed by atoms with van der Waals surface area (Å²) < 4.78 is 20.7. The lowest BCUT2D eigenvalue weighted by molar-refractivity contribution is -0.0212. The summed E-state index contributed by atoms with van der Waals surface area (Å²) in [6, 6.07) is 22.2. The van der Waals surface area contributed by atoms with Crippen molar-refractivity contribution in [3.63, 3.8) is 0 Å². The van der Waals surface area contributed by atoms with Gasteiger partial charge in [-0.15, -0.1) is 0 Å². The summed E-state index contributed by atoms with van der Waals surface area (Å²) >= 11 is 6.02. The molecule has 0 radical (unpaired) electrons. The number of para-hydroxylation sites is 1. The molecule has 5 rings (SSSR count). The van der Waals surface area contributed by atoms with Crippen LogP contribution in [0, 0.1) is 5.82 Å². The van der Waals surface area contributed by atoms with Gasteiger partial charge in [0.05, 0.1) is 17.3 Å². The van der Waals surface area contributed by atoms with Crippen LogP contribution in [0.4, 0.5) is 4.39 Å². The third-order valence-electron chi connectivity index (χ3n) is 5.05. The molecule has 0 N–H and O–H groups in total. The van der Waals surface area contributed by atoms with E-state index < -0.39 is 6.23 Å². The number of hydrazone groups is 1. The highest BCUT2D eigenvalue weighted by atomic mass is 35.5. The summed E-state index contributed by atoms with van der Waals surface area (Å²) in [6.07, 6.45) is 0.128. The molecule has 5 heteroatoms. The van der Waals surface area contributed by atoms with Gasteiger partial charge in [0.15, 0.2) is 0 Å². The maximum Gasteiger partial charge on any atom is 0.216 e. The molecule has 0 aliphatic carbocycles. The highest BCUT2D eigenvalue weighted by Crippen LogP contribution is 2.47. The van der Waals surface area contributed by atoms with Gasteiger partial charge in [0.25, 0.3) is 0 Å². The van der Waals surface area contributed by atoms with Gasteiger partial charge in [0.2, 0.25) is 6.23 Å². The Labute approximate surface area is 161 Å². The maximum absolute atomic E-state index is 14.5. The standard InChI is InChI=1S/C22H16ClFN2O/c23-15-11-9-14(10-12-15)19-13-20-17-6-2-4-8-21(17)27-22(26(20)25-19)16-5-1-3-7-18(16)24/h1-12,20,22H,13H2. The van der Waals surface area contributed by atoms with Crippen LogP contribution in [0.25, 0.3) is 0 Å². The van der Waals surface area contributed by atoms with Gasteiger partial charge < -0.3 is 4.74 Å². The second-order valence-electron chi connectivity index (χ2n) is 6.68. The van der Waals surface area contributed by atoms with Crippen LogP contribution in [0.15, 0.2) is 77.9 Å². The summed E-state index contributed by atoms with van der Waals surface area (Å²) in [4.78, 5) is 0. The molecule has 3 aromatic carbocycles. The Morgan fingerprint density at radius 1 is 0.926 bits per heavy atom. The Balaban J connectivity index is 1.61. The van der Waals surface area contributed by atoms with E-state index in [1.54, 1.807) is 12.1 Å². The van der Waals surface area contributed by atoms with Crippen molar-refractivity contribution in [2.24, 2.45) is 5.10 Å². The summed E-state index contributed by atoms with van der Waals surface area (Å²) in [5, 5.41) is 7.39. The molecule has 2 heterocycles. The molecule has 3 aromatic rings. The molecule has 134 valence electrons. The average molecular weight is 379 g/mol. The molecule has 2 atom stereocenters. The van der Waals surface area contributed by atoms with Gasteiger partial charge in [-0.1, -0.05) is 60.1 Å². The Kier molecular flexibility index (Phi) is 3.87. The second-order valence-corrected chi connectivity index (χ2v) is 7.12. The summed E-state index contributed by atoms with van der Waals surface area (Å²) in [6.45, 7) is 0. The number of benzene rings is 3. The lowest BCUT2D eigenvalue weighted by Crippen LogP contribution is -2.34. The molecule has 0 fully saturated rings. The fourth-order valence-corrected chi connectivity index (χ4v) is 3.86. The third-order valence-corrected chi connectivity index (χ3v) is 5.30. The van der Waals surface area contributed by atoms with E-state index in [1.807, 2.05) is 59.6 Å². The fraction of sp³-hybridized carbons (Fsp3) is 0.136.